The summed E-state index contributed by atoms with van der Waals surface area (Å²) >= 11 is 5.30. The molecule has 1 aromatic heterocycles. The first-order chi connectivity index (χ1) is 8.72. The topological polar surface area (TPSA) is 47.3 Å². The maximum atomic E-state index is 5.99. The molecule has 2 fully saturated rings. The highest BCUT2D eigenvalue weighted by Crippen LogP contribution is 2.47. The number of nitrogens with two attached hydrogens (primary N) is 1. The Labute approximate surface area is 120 Å². The van der Waals surface area contributed by atoms with Gasteiger partial charge in [0.15, 0.2) is 0 Å². The Morgan fingerprint density at radius 3 is 2.89 bits per heavy atom. The summed E-state index contributed by atoms with van der Waals surface area (Å²) in [5.74, 6) is 6.39. The monoisotopic (exact) mass is 330 g/mol. The zero-order valence-electron chi connectivity index (χ0n) is 10.3. The Kier molecular flexibility index (Phi) is 3.78. The van der Waals surface area contributed by atoms with Crippen molar-refractivity contribution in [1.29, 1.82) is 0 Å². The number of thiophene rings is 1. The van der Waals surface area contributed by atoms with Crippen LogP contribution < -0.4 is 11.3 Å². The van der Waals surface area contributed by atoms with Gasteiger partial charge in [-0.2, -0.15) is 0 Å². The number of ether oxygens (including phenoxy) is 1. The summed E-state index contributed by atoms with van der Waals surface area (Å²) in [4.78, 5) is 1.32. The first kappa shape index (κ1) is 13.1. The van der Waals surface area contributed by atoms with Crippen molar-refractivity contribution in [3.05, 3.63) is 20.8 Å². The smallest absolute Gasteiger partial charge is 0.0702 e. The van der Waals surface area contributed by atoms with Crippen molar-refractivity contribution in [3.63, 3.8) is 0 Å². The minimum Gasteiger partial charge on any atom is -0.375 e. The molecule has 5 heteroatoms. The molecule has 3 N–H and O–H groups in total. The van der Waals surface area contributed by atoms with Crippen LogP contribution in [0.5, 0.6) is 0 Å². The zero-order chi connectivity index (χ0) is 12.6. The van der Waals surface area contributed by atoms with Crippen LogP contribution in [0.3, 0.4) is 0 Å². The van der Waals surface area contributed by atoms with Crippen LogP contribution in [0.1, 0.15) is 43.0 Å². The van der Waals surface area contributed by atoms with E-state index >= 15 is 0 Å². The Morgan fingerprint density at radius 1 is 1.50 bits per heavy atom. The van der Waals surface area contributed by atoms with Crippen LogP contribution in [0.4, 0.5) is 0 Å². The molecule has 0 amide bonds. The van der Waals surface area contributed by atoms with Crippen molar-refractivity contribution >= 4 is 27.3 Å². The predicted octanol–water partition coefficient (Wildman–Crippen LogP) is 3.36. The summed E-state index contributed by atoms with van der Waals surface area (Å²) in [7, 11) is 0. The molecule has 2 atom stereocenters. The van der Waals surface area contributed by atoms with E-state index in [4.69, 9.17) is 10.6 Å². The summed E-state index contributed by atoms with van der Waals surface area (Å²) in [6.45, 7) is 0.884. The van der Waals surface area contributed by atoms with Gasteiger partial charge in [0.25, 0.3) is 0 Å². The molecule has 1 aliphatic carbocycles. The summed E-state index contributed by atoms with van der Waals surface area (Å²) < 4.78 is 7.16. The Bertz CT molecular complexity index is 419. The maximum Gasteiger partial charge on any atom is 0.0702 e. The highest BCUT2D eigenvalue weighted by molar-refractivity contribution is 9.11. The average molecular weight is 331 g/mol. The lowest BCUT2D eigenvalue weighted by Crippen LogP contribution is -2.48. The molecule has 0 bridgehead atoms. The molecular formula is C13H19BrN2OS. The van der Waals surface area contributed by atoms with Gasteiger partial charge >= 0.3 is 0 Å². The van der Waals surface area contributed by atoms with Crippen LogP contribution in [-0.2, 0) is 4.74 Å². The zero-order valence-corrected chi connectivity index (χ0v) is 12.7. The second kappa shape index (κ2) is 5.21. The first-order valence-electron chi connectivity index (χ1n) is 6.58. The van der Waals surface area contributed by atoms with E-state index < -0.39 is 0 Å². The summed E-state index contributed by atoms with van der Waals surface area (Å²) in [5, 5.41) is 0. The molecule has 0 aromatic carbocycles. The Hall–Kier alpha value is 0.0600. The molecule has 2 aliphatic rings. The van der Waals surface area contributed by atoms with Crippen molar-refractivity contribution in [2.45, 2.75) is 43.7 Å². The Balaban J connectivity index is 1.75. The molecule has 1 saturated heterocycles. The quantitative estimate of drug-likeness (QED) is 0.659. The highest BCUT2D eigenvalue weighted by atomic mass is 79.9. The van der Waals surface area contributed by atoms with Gasteiger partial charge in [0.2, 0.25) is 0 Å². The van der Waals surface area contributed by atoms with Crippen LogP contribution >= 0.6 is 27.3 Å². The van der Waals surface area contributed by atoms with Crippen molar-refractivity contribution < 1.29 is 4.74 Å². The highest BCUT2D eigenvalue weighted by Gasteiger charge is 2.44. The van der Waals surface area contributed by atoms with Crippen LogP contribution in [0.2, 0.25) is 0 Å². The van der Waals surface area contributed by atoms with Crippen LogP contribution in [-0.4, -0.2) is 12.2 Å². The van der Waals surface area contributed by atoms with E-state index in [0.717, 1.165) is 19.4 Å². The van der Waals surface area contributed by atoms with E-state index in [1.54, 1.807) is 11.3 Å². The van der Waals surface area contributed by atoms with Crippen molar-refractivity contribution in [1.82, 2.24) is 5.43 Å². The van der Waals surface area contributed by atoms with Crippen LogP contribution in [0.25, 0.3) is 0 Å². The van der Waals surface area contributed by atoms with Gasteiger partial charge in [-0.25, -0.2) is 0 Å². The fourth-order valence-corrected chi connectivity index (χ4v) is 4.79. The molecule has 1 aliphatic heterocycles. The van der Waals surface area contributed by atoms with Gasteiger partial charge < -0.3 is 4.74 Å². The molecule has 0 radical (unpaired) electrons. The van der Waals surface area contributed by atoms with Crippen molar-refractivity contribution in [2.24, 2.45) is 11.8 Å². The predicted molar refractivity (Wildman–Crippen MR) is 77.3 cm³/mol. The number of hydrogen-bond donors (Lipinski definition) is 2. The van der Waals surface area contributed by atoms with E-state index in [1.165, 1.54) is 27.9 Å². The van der Waals surface area contributed by atoms with Crippen LogP contribution in [0.15, 0.2) is 15.9 Å². The van der Waals surface area contributed by atoms with Gasteiger partial charge in [0.05, 0.1) is 15.4 Å². The van der Waals surface area contributed by atoms with Crippen molar-refractivity contribution in [3.8, 4) is 0 Å². The lowest BCUT2D eigenvalue weighted by molar-refractivity contribution is -0.147. The van der Waals surface area contributed by atoms with Gasteiger partial charge in [0, 0.05) is 11.5 Å². The largest absolute Gasteiger partial charge is 0.375 e. The van der Waals surface area contributed by atoms with E-state index in [0.29, 0.717) is 5.92 Å². The van der Waals surface area contributed by atoms with Gasteiger partial charge in [0.1, 0.15) is 0 Å². The van der Waals surface area contributed by atoms with E-state index in [1.807, 2.05) is 0 Å². The fourth-order valence-electron chi connectivity index (χ4n) is 3.22. The third kappa shape index (κ3) is 2.39. The van der Waals surface area contributed by atoms with Crippen molar-refractivity contribution in [2.75, 3.05) is 6.61 Å². The number of halogens is 1. The lowest BCUT2D eigenvalue weighted by Gasteiger charge is -2.48. The minimum atomic E-state index is 0.187. The molecule has 2 heterocycles. The Morgan fingerprint density at radius 2 is 2.33 bits per heavy atom. The van der Waals surface area contributed by atoms with Crippen LogP contribution in [0, 0.1) is 5.92 Å². The minimum absolute atomic E-state index is 0.187. The summed E-state index contributed by atoms with van der Waals surface area (Å²) in [5.41, 5.74) is 3.21. The normalized spacial score (nSPS) is 28.0. The molecule has 3 nitrogen and oxygen atoms in total. The standard InChI is InChI=1S/C13H19BrN2OS/c14-11-3-2-10(18-11)12(16-15)9-4-7-17-13(8-9)5-1-6-13/h2-3,9,12,16H,1,4-8,15H2. The number of rotatable bonds is 3. The second-order valence-corrected chi connectivity index (χ2v) is 7.92. The number of hydrazine groups is 1. The van der Waals surface area contributed by atoms with Gasteiger partial charge in [-0.1, -0.05) is 0 Å². The number of nitrogens with one attached hydrogen (secondary N) is 1. The van der Waals surface area contributed by atoms with Gasteiger partial charge in [-0.15, -0.1) is 11.3 Å². The SMILES string of the molecule is NNC(c1ccc(Br)s1)C1CCOC2(CCC2)C1. The lowest BCUT2D eigenvalue weighted by atomic mass is 9.70. The van der Waals surface area contributed by atoms with E-state index in [9.17, 15) is 0 Å². The summed E-state index contributed by atoms with van der Waals surface area (Å²) in [6, 6.07) is 4.54. The van der Waals surface area contributed by atoms with Gasteiger partial charge in [-0.05, 0) is 66.1 Å². The van der Waals surface area contributed by atoms with E-state index in [-0.39, 0.29) is 11.6 Å². The summed E-state index contributed by atoms with van der Waals surface area (Å²) in [6.07, 6.45) is 6.03. The molecule has 3 rings (SSSR count). The average Bonchev–Trinajstić information content (AvgIpc) is 2.75. The maximum absolute atomic E-state index is 5.99. The molecule has 1 aromatic rings. The van der Waals surface area contributed by atoms with E-state index in [2.05, 4.69) is 33.5 Å². The molecular weight excluding hydrogens is 312 g/mol. The molecule has 2 unspecified atom stereocenters. The second-order valence-electron chi connectivity index (χ2n) is 5.42. The molecule has 100 valence electrons. The molecule has 18 heavy (non-hydrogen) atoms. The number of hydrogen-bond acceptors (Lipinski definition) is 4. The first-order valence-corrected chi connectivity index (χ1v) is 8.19. The van der Waals surface area contributed by atoms with Gasteiger partial charge in [-0.3, -0.25) is 11.3 Å². The third-order valence-electron chi connectivity index (χ3n) is 4.35. The fraction of sp³-hybridized carbons (Fsp3) is 0.692. The third-order valence-corrected chi connectivity index (χ3v) is 6.05. The molecule has 1 spiro atoms. The molecule has 1 saturated carbocycles.